The average Bonchev–Trinajstić information content (AvgIpc) is 3.08. The number of esters is 1. The second-order valence-corrected chi connectivity index (χ2v) is 15.8. The van der Waals surface area contributed by atoms with Gasteiger partial charge in [0.1, 0.15) is 29.8 Å². The van der Waals surface area contributed by atoms with E-state index in [1.54, 1.807) is 20.0 Å². The molecular weight excluding hydrogens is 654 g/mol. The van der Waals surface area contributed by atoms with Crippen LogP contribution in [0.2, 0.25) is 0 Å². The fourth-order valence-corrected chi connectivity index (χ4v) is 8.30. The number of ketones is 1. The molecule has 4 heterocycles. The number of fused-ring (bicyclic) bond motifs is 6. The van der Waals surface area contributed by atoms with E-state index in [0.717, 1.165) is 5.69 Å². The van der Waals surface area contributed by atoms with Gasteiger partial charge in [-0.1, -0.05) is 39.0 Å². The number of rotatable bonds is 6. The monoisotopic (exact) mass is 717 g/mol. The van der Waals surface area contributed by atoms with Crippen molar-refractivity contribution in [2.45, 2.75) is 141 Å². The Kier molecular flexibility index (Phi) is 14.4. The second-order valence-electron chi connectivity index (χ2n) is 15.8. The quantitative estimate of drug-likeness (QED) is 0.252. The summed E-state index contributed by atoms with van der Waals surface area (Å²) in [7, 11) is 3.82. The number of aliphatic hydroxyl groups is 2. The SMILES string of the molecule is CC[C@H]1OC(=O)C(C)C(=O)[C@H](C)[C@@H](O[C@@H]2O[C@H](C)C[C@H](N(C)C)[C@H]2O)[C@@]2(C)C[C@@H](C)CN(Cc3ccccn3)[C@H](C)[C@H](OC/C=C\CO2)[C@]1(C)O. The van der Waals surface area contributed by atoms with Crippen LogP contribution in [0.25, 0.3) is 0 Å². The van der Waals surface area contributed by atoms with E-state index in [1.807, 2.05) is 77.0 Å². The molecule has 1 unspecified atom stereocenters. The Labute approximate surface area is 304 Å². The number of nitrogens with zero attached hydrogens (tertiary/aromatic N) is 3. The van der Waals surface area contributed by atoms with Gasteiger partial charge >= 0.3 is 5.97 Å². The van der Waals surface area contributed by atoms with Crippen molar-refractivity contribution in [3.8, 4) is 0 Å². The summed E-state index contributed by atoms with van der Waals surface area (Å²) >= 11 is 0. The number of ether oxygens (including phenoxy) is 5. The molecule has 0 aromatic carbocycles. The molecule has 2 N–H and O–H groups in total. The minimum absolute atomic E-state index is 0.0297. The average molecular weight is 718 g/mol. The van der Waals surface area contributed by atoms with Gasteiger partial charge < -0.3 is 38.8 Å². The van der Waals surface area contributed by atoms with Gasteiger partial charge in [-0.05, 0) is 86.0 Å². The van der Waals surface area contributed by atoms with Crippen molar-refractivity contribution >= 4 is 11.8 Å². The van der Waals surface area contributed by atoms with Crippen molar-refractivity contribution in [2.75, 3.05) is 33.9 Å². The maximum absolute atomic E-state index is 14.3. The Morgan fingerprint density at radius 2 is 1.78 bits per heavy atom. The molecule has 1 aromatic rings. The molecule has 13 atom stereocenters. The van der Waals surface area contributed by atoms with Gasteiger partial charge in [0.25, 0.3) is 0 Å². The molecule has 4 rings (SSSR count). The van der Waals surface area contributed by atoms with Crippen molar-refractivity contribution < 1.29 is 43.5 Å². The zero-order valence-corrected chi connectivity index (χ0v) is 32.4. The van der Waals surface area contributed by atoms with E-state index in [-0.39, 0.29) is 43.1 Å². The van der Waals surface area contributed by atoms with Crippen LogP contribution in [0.5, 0.6) is 0 Å². The third-order valence-corrected chi connectivity index (χ3v) is 11.2. The second kappa shape index (κ2) is 17.7. The van der Waals surface area contributed by atoms with Crippen LogP contribution in [0.3, 0.4) is 0 Å². The normalized spacial score (nSPS) is 41.8. The Morgan fingerprint density at radius 3 is 2.43 bits per heavy atom. The van der Waals surface area contributed by atoms with Gasteiger partial charge in [-0.25, -0.2) is 0 Å². The molecular formula is C39H63N3O9. The lowest BCUT2D eigenvalue weighted by atomic mass is 9.78. The number of likely N-dealkylation sites (N-methyl/N-ethyl adjacent to an activating group) is 1. The van der Waals surface area contributed by atoms with Crippen molar-refractivity contribution in [2.24, 2.45) is 17.8 Å². The molecule has 12 nitrogen and oxygen atoms in total. The van der Waals surface area contributed by atoms with Gasteiger partial charge in [-0.2, -0.15) is 0 Å². The highest BCUT2D eigenvalue weighted by molar-refractivity contribution is 6.00. The summed E-state index contributed by atoms with van der Waals surface area (Å²) < 4.78 is 32.2. The van der Waals surface area contributed by atoms with Crippen molar-refractivity contribution in [1.29, 1.82) is 0 Å². The zero-order chi connectivity index (χ0) is 37.7. The number of aliphatic hydroxyl groups excluding tert-OH is 1. The van der Waals surface area contributed by atoms with Gasteiger partial charge in [0.2, 0.25) is 0 Å². The first kappa shape index (κ1) is 41.5. The molecule has 0 saturated carbocycles. The van der Waals surface area contributed by atoms with Crippen LogP contribution in [0.1, 0.15) is 80.3 Å². The van der Waals surface area contributed by atoms with Crippen LogP contribution in [-0.2, 0) is 39.8 Å². The van der Waals surface area contributed by atoms with Crippen LogP contribution in [0.4, 0.5) is 0 Å². The van der Waals surface area contributed by atoms with E-state index >= 15 is 0 Å². The Bertz CT molecular complexity index is 1310. The summed E-state index contributed by atoms with van der Waals surface area (Å²) in [5.41, 5.74) is -1.84. The molecule has 2 bridgehead atoms. The lowest BCUT2D eigenvalue weighted by molar-refractivity contribution is -0.297. The number of carbonyl (C=O) groups excluding carboxylic acids is 2. The number of pyridine rings is 1. The highest BCUT2D eigenvalue weighted by atomic mass is 16.7. The highest BCUT2D eigenvalue weighted by Crippen LogP contribution is 2.38. The summed E-state index contributed by atoms with van der Waals surface area (Å²) in [6, 6.07) is 5.21. The van der Waals surface area contributed by atoms with Crippen LogP contribution in [-0.4, -0.2) is 131 Å². The minimum atomic E-state index is -1.62. The molecule has 12 heteroatoms. The Morgan fingerprint density at radius 1 is 1.08 bits per heavy atom. The van der Waals surface area contributed by atoms with Gasteiger partial charge in [-0.15, -0.1) is 0 Å². The fourth-order valence-electron chi connectivity index (χ4n) is 8.30. The van der Waals surface area contributed by atoms with Crippen molar-refractivity contribution in [3.05, 3.63) is 42.2 Å². The lowest BCUT2D eigenvalue weighted by Crippen LogP contribution is -2.60. The number of Topliss-reactive ketones (excluding diaryl/α,β-unsaturated/α-hetero) is 1. The van der Waals surface area contributed by atoms with E-state index in [2.05, 4.69) is 16.8 Å². The van der Waals surface area contributed by atoms with Crippen LogP contribution in [0, 0.1) is 17.8 Å². The summed E-state index contributed by atoms with van der Waals surface area (Å²) in [6.45, 7) is 16.2. The molecule has 51 heavy (non-hydrogen) atoms. The predicted molar refractivity (Wildman–Crippen MR) is 193 cm³/mol. The summed E-state index contributed by atoms with van der Waals surface area (Å²) in [5.74, 6) is -3.18. The van der Waals surface area contributed by atoms with Gasteiger partial charge in [0.15, 0.2) is 12.1 Å². The molecule has 1 aromatic heterocycles. The minimum Gasteiger partial charge on any atom is -0.459 e. The predicted octanol–water partition coefficient (Wildman–Crippen LogP) is 3.77. The molecule has 3 aliphatic heterocycles. The van der Waals surface area contributed by atoms with Gasteiger partial charge in [0.05, 0.1) is 36.7 Å². The van der Waals surface area contributed by atoms with Crippen LogP contribution < -0.4 is 0 Å². The third kappa shape index (κ3) is 9.83. The first-order valence-corrected chi connectivity index (χ1v) is 18.7. The molecule has 0 aliphatic carbocycles. The van der Waals surface area contributed by atoms with Gasteiger partial charge in [0, 0.05) is 37.3 Å². The number of hydrogen-bond acceptors (Lipinski definition) is 12. The van der Waals surface area contributed by atoms with E-state index in [9.17, 15) is 19.8 Å². The Balaban J connectivity index is 1.87. The van der Waals surface area contributed by atoms with E-state index < -0.39 is 59.7 Å². The number of aromatic nitrogens is 1. The molecule has 2 saturated heterocycles. The first-order chi connectivity index (χ1) is 24.0. The largest absolute Gasteiger partial charge is 0.459 e. The molecule has 0 radical (unpaired) electrons. The first-order valence-electron chi connectivity index (χ1n) is 18.7. The summed E-state index contributed by atoms with van der Waals surface area (Å²) in [5, 5.41) is 23.8. The molecule has 0 amide bonds. The lowest BCUT2D eigenvalue weighted by Gasteiger charge is -2.47. The van der Waals surface area contributed by atoms with E-state index in [4.69, 9.17) is 23.7 Å². The molecule has 288 valence electrons. The molecule has 2 fully saturated rings. The van der Waals surface area contributed by atoms with Gasteiger partial charge in [-0.3, -0.25) is 19.5 Å². The highest BCUT2D eigenvalue weighted by Gasteiger charge is 2.51. The van der Waals surface area contributed by atoms with E-state index in [1.165, 1.54) is 6.92 Å². The molecule has 0 spiro atoms. The summed E-state index contributed by atoms with van der Waals surface area (Å²) in [4.78, 5) is 37.0. The van der Waals surface area contributed by atoms with Crippen LogP contribution in [0.15, 0.2) is 36.5 Å². The topological polar surface area (TPSA) is 140 Å². The molecule has 3 aliphatic rings. The third-order valence-electron chi connectivity index (χ3n) is 11.2. The van der Waals surface area contributed by atoms with Crippen molar-refractivity contribution in [1.82, 2.24) is 14.8 Å². The van der Waals surface area contributed by atoms with Crippen molar-refractivity contribution in [3.63, 3.8) is 0 Å². The number of cyclic esters (lactones) is 1. The smallest absolute Gasteiger partial charge is 0.316 e. The Hall–Kier alpha value is -2.29. The number of carbonyl (C=O) groups is 2. The fraction of sp³-hybridized carbons (Fsp3) is 0.769. The summed E-state index contributed by atoms with van der Waals surface area (Å²) in [6.07, 6.45) is 1.93. The maximum atomic E-state index is 14.3. The standard InChI is InChI=1S/C39H63N3O9/c1-11-31-39(8,46)35-28(6)42(23-29-16-12-13-17-40-29)22-24(2)21-38(7,48-19-15-14-18-47-35)34(26(4)32(43)27(5)36(45)50-31)51-37-33(44)30(41(9)10)20-25(3)49-37/h12-17,24-28,30-31,33-35,37,44,46H,11,18-23H2,1-10H3/b15-14-/t24-,25-,26+,27?,28-,30+,31-,33-,34-,35+,37+,38-,39-/m1/s1. The number of hydrogen-bond donors (Lipinski definition) is 2. The van der Waals surface area contributed by atoms with E-state index in [0.29, 0.717) is 32.4 Å². The van der Waals surface area contributed by atoms with Crippen LogP contribution >= 0.6 is 0 Å². The zero-order valence-electron chi connectivity index (χ0n) is 32.4. The maximum Gasteiger partial charge on any atom is 0.316 e.